The average Bonchev–Trinajstić information content (AvgIpc) is 2.10. The molecule has 1 aromatic rings. The summed E-state index contributed by atoms with van der Waals surface area (Å²) >= 11 is 0. The van der Waals surface area contributed by atoms with Gasteiger partial charge in [-0.2, -0.15) is 0 Å². The molecule has 0 saturated heterocycles. The van der Waals surface area contributed by atoms with E-state index < -0.39 is 11.7 Å². The Kier molecular flexibility index (Phi) is 2.70. The van der Waals surface area contributed by atoms with E-state index in [0.717, 1.165) is 16.7 Å². The van der Waals surface area contributed by atoms with Crippen LogP contribution < -0.4 is 5.73 Å². The van der Waals surface area contributed by atoms with Gasteiger partial charge >= 0.3 is 0 Å². The molecule has 0 aliphatic carbocycles. The van der Waals surface area contributed by atoms with Gasteiger partial charge in [0, 0.05) is 5.56 Å². The average molecular weight is 191 g/mol. The summed E-state index contributed by atoms with van der Waals surface area (Å²) in [6.07, 6.45) is 0. The Balaban J connectivity index is 3.29. The highest BCUT2D eigenvalue weighted by Crippen LogP contribution is 2.15. The van der Waals surface area contributed by atoms with Gasteiger partial charge in [0.05, 0.1) is 0 Å². The maximum absolute atomic E-state index is 11.4. The summed E-state index contributed by atoms with van der Waals surface area (Å²) in [5.74, 6) is -1.53. The molecule has 0 aromatic heterocycles. The van der Waals surface area contributed by atoms with Crippen molar-refractivity contribution in [2.24, 2.45) is 5.73 Å². The molecule has 0 atom stereocenters. The van der Waals surface area contributed by atoms with E-state index in [9.17, 15) is 9.59 Å². The van der Waals surface area contributed by atoms with Crippen molar-refractivity contribution in [2.45, 2.75) is 20.8 Å². The van der Waals surface area contributed by atoms with Crippen LogP contribution in [0.5, 0.6) is 0 Å². The van der Waals surface area contributed by atoms with E-state index in [-0.39, 0.29) is 0 Å². The second-order valence-electron chi connectivity index (χ2n) is 3.44. The molecule has 14 heavy (non-hydrogen) atoms. The minimum absolute atomic E-state index is 0.403. The topological polar surface area (TPSA) is 60.2 Å². The number of rotatable bonds is 2. The van der Waals surface area contributed by atoms with Gasteiger partial charge in [-0.15, -0.1) is 0 Å². The molecule has 0 heterocycles. The number of nitrogens with two attached hydrogens (primary N) is 1. The summed E-state index contributed by atoms with van der Waals surface area (Å²) in [6, 6.07) is 3.59. The molecule has 3 heteroatoms. The van der Waals surface area contributed by atoms with Crippen molar-refractivity contribution in [3.8, 4) is 0 Å². The van der Waals surface area contributed by atoms with Crippen LogP contribution in [-0.2, 0) is 4.79 Å². The lowest BCUT2D eigenvalue weighted by Crippen LogP contribution is -2.24. The highest BCUT2D eigenvalue weighted by Gasteiger charge is 2.15. The Labute approximate surface area is 82.9 Å². The standard InChI is InChI=1S/C11H13NO2/c1-6-4-8(3)9(5-7(6)2)10(13)11(12)14/h4-5H,1-3H3,(H2,12,14). The molecule has 1 rings (SSSR count). The van der Waals surface area contributed by atoms with Crippen molar-refractivity contribution in [1.82, 2.24) is 0 Å². The number of ketones is 1. The van der Waals surface area contributed by atoms with Gasteiger partial charge in [-0.1, -0.05) is 6.07 Å². The van der Waals surface area contributed by atoms with Gasteiger partial charge in [-0.3, -0.25) is 9.59 Å². The number of primary amides is 1. The van der Waals surface area contributed by atoms with Crippen molar-refractivity contribution in [3.05, 3.63) is 34.4 Å². The summed E-state index contributed by atoms with van der Waals surface area (Å²) in [6.45, 7) is 5.65. The third-order valence-corrected chi connectivity index (χ3v) is 2.31. The molecule has 74 valence electrons. The zero-order chi connectivity index (χ0) is 10.9. The predicted molar refractivity (Wildman–Crippen MR) is 54.2 cm³/mol. The van der Waals surface area contributed by atoms with Crippen LogP contribution >= 0.6 is 0 Å². The molecule has 2 N–H and O–H groups in total. The van der Waals surface area contributed by atoms with E-state index in [1.54, 1.807) is 13.0 Å². The third kappa shape index (κ3) is 1.82. The predicted octanol–water partition coefficient (Wildman–Crippen LogP) is 1.28. The Hall–Kier alpha value is -1.64. The Morgan fingerprint density at radius 1 is 1.00 bits per heavy atom. The number of hydrogen-bond donors (Lipinski definition) is 1. The molecule has 0 fully saturated rings. The maximum Gasteiger partial charge on any atom is 0.289 e. The fourth-order valence-corrected chi connectivity index (χ4v) is 1.34. The third-order valence-electron chi connectivity index (χ3n) is 2.31. The molecule has 0 radical (unpaired) electrons. The van der Waals surface area contributed by atoms with Crippen LogP contribution in [0, 0.1) is 20.8 Å². The van der Waals surface area contributed by atoms with E-state index in [2.05, 4.69) is 0 Å². The van der Waals surface area contributed by atoms with E-state index in [0.29, 0.717) is 5.56 Å². The normalized spacial score (nSPS) is 9.93. The van der Waals surface area contributed by atoms with Crippen molar-refractivity contribution >= 4 is 11.7 Å². The van der Waals surface area contributed by atoms with Crippen LogP contribution in [0.2, 0.25) is 0 Å². The number of carbonyl (C=O) groups excluding carboxylic acids is 2. The monoisotopic (exact) mass is 191 g/mol. The van der Waals surface area contributed by atoms with Crippen LogP contribution in [0.1, 0.15) is 27.0 Å². The highest BCUT2D eigenvalue weighted by atomic mass is 16.2. The molecule has 0 aliphatic heterocycles. The molecule has 1 aromatic carbocycles. The van der Waals surface area contributed by atoms with Gasteiger partial charge in [0.2, 0.25) is 5.78 Å². The van der Waals surface area contributed by atoms with E-state index >= 15 is 0 Å². The lowest BCUT2D eigenvalue weighted by atomic mass is 9.98. The Morgan fingerprint density at radius 3 is 2.00 bits per heavy atom. The molecular weight excluding hydrogens is 178 g/mol. The summed E-state index contributed by atoms with van der Waals surface area (Å²) in [5, 5.41) is 0. The van der Waals surface area contributed by atoms with Crippen molar-refractivity contribution in [1.29, 1.82) is 0 Å². The molecule has 0 spiro atoms. The van der Waals surface area contributed by atoms with Gasteiger partial charge in [0.1, 0.15) is 0 Å². The quantitative estimate of drug-likeness (QED) is 0.565. The van der Waals surface area contributed by atoms with Crippen LogP contribution in [0.25, 0.3) is 0 Å². The lowest BCUT2D eigenvalue weighted by Gasteiger charge is -2.06. The fourth-order valence-electron chi connectivity index (χ4n) is 1.34. The smallest absolute Gasteiger partial charge is 0.289 e. The van der Waals surface area contributed by atoms with Crippen LogP contribution in [-0.4, -0.2) is 11.7 Å². The maximum atomic E-state index is 11.4. The number of carbonyl (C=O) groups is 2. The number of hydrogen-bond acceptors (Lipinski definition) is 2. The van der Waals surface area contributed by atoms with E-state index in [1.165, 1.54) is 0 Å². The Bertz CT molecular complexity index is 408. The van der Waals surface area contributed by atoms with Crippen LogP contribution in [0.15, 0.2) is 12.1 Å². The first-order chi connectivity index (χ1) is 6.43. The van der Waals surface area contributed by atoms with Crippen molar-refractivity contribution in [2.75, 3.05) is 0 Å². The first-order valence-electron chi connectivity index (χ1n) is 4.35. The first-order valence-corrected chi connectivity index (χ1v) is 4.35. The minimum atomic E-state index is -0.906. The van der Waals surface area contributed by atoms with E-state index in [4.69, 9.17) is 5.73 Å². The SMILES string of the molecule is Cc1cc(C)c(C(=O)C(N)=O)cc1C. The second-order valence-corrected chi connectivity index (χ2v) is 3.44. The van der Waals surface area contributed by atoms with Crippen LogP contribution in [0.3, 0.4) is 0 Å². The molecule has 0 unspecified atom stereocenters. The van der Waals surface area contributed by atoms with Crippen LogP contribution in [0.4, 0.5) is 0 Å². The number of aryl methyl sites for hydroxylation is 3. The molecular formula is C11H13NO2. The fraction of sp³-hybridized carbons (Fsp3) is 0.273. The lowest BCUT2D eigenvalue weighted by molar-refractivity contribution is -0.114. The minimum Gasteiger partial charge on any atom is -0.363 e. The Morgan fingerprint density at radius 2 is 1.50 bits per heavy atom. The van der Waals surface area contributed by atoms with Gasteiger partial charge in [0.15, 0.2) is 0 Å². The summed E-state index contributed by atoms with van der Waals surface area (Å²) in [5.41, 5.74) is 8.22. The summed E-state index contributed by atoms with van der Waals surface area (Å²) in [7, 11) is 0. The summed E-state index contributed by atoms with van der Waals surface area (Å²) < 4.78 is 0. The van der Waals surface area contributed by atoms with E-state index in [1.807, 2.05) is 19.9 Å². The molecule has 3 nitrogen and oxygen atoms in total. The second kappa shape index (κ2) is 3.62. The zero-order valence-corrected chi connectivity index (χ0v) is 8.55. The van der Waals surface area contributed by atoms with Crippen molar-refractivity contribution < 1.29 is 9.59 Å². The number of Topliss-reactive ketones (excluding diaryl/α,β-unsaturated/α-hetero) is 1. The molecule has 1 amide bonds. The largest absolute Gasteiger partial charge is 0.363 e. The molecule has 0 aliphatic rings. The molecule has 0 bridgehead atoms. The summed E-state index contributed by atoms with van der Waals surface area (Å²) in [4.78, 5) is 22.1. The zero-order valence-electron chi connectivity index (χ0n) is 8.55. The first kappa shape index (κ1) is 10.4. The van der Waals surface area contributed by atoms with Gasteiger partial charge < -0.3 is 5.73 Å². The van der Waals surface area contributed by atoms with Gasteiger partial charge in [-0.05, 0) is 43.5 Å². The van der Waals surface area contributed by atoms with Gasteiger partial charge in [0.25, 0.3) is 5.91 Å². The molecule has 0 saturated carbocycles. The number of benzene rings is 1. The highest BCUT2D eigenvalue weighted by molar-refractivity contribution is 6.42. The van der Waals surface area contributed by atoms with Gasteiger partial charge in [-0.25, -0.2) is 0 Å². The number of amides is 1. The van der Waals surface area contributed by atoms with Crippen molar-refractivity contribution in [3.63, 3.8) is 0 Å².